The van der Waals surface area contributed by atoms with Crippen molar-refractivity contribution in [3.8, 4) is 17.1 Å². The average molecular weight is 554 g/mol. The van der Waals surface area contributed by atoms with Crippen molar-refractivity contribution in [3.05, 3.63) is 77.6 Å². The minimum Gasteiger partial charge on any atom is -0.496 e. The standard InChI is InChI=1S/C27H28BFN2O7S/c1-30-27(32)25-22-13-21(16-3-4-16)23(14-24(22)38-26(25)17-5-7-18(29)8-6-17)31(39(2,35)36)19-9-11-20(12-10-19)37-15-28(33)34/h5-14,16,27,30,32-34H,3-4,15H2,1-2H3. The summed E-state index contributed by atoms with van der Waals surface area (Å²) in [6.45, 7) is -0.326. The van der Waals surface area contributed by atoms with Crippen LogP contribution in [0.4, 0.5) is 15.8 Å². The highest BCUT2D eigenvalue weighted by atomic mass is 32.2. The number of halogens is 1. The van der Waals surface area contributed by atoms with Gasteiger partial charge in [0, 0.05) is 22.6 Å². The molecular formula is C27H28BFN2O7S. The molecule has 0 amide bonds. The van der Waals surface area contributed by atoms with Gasteiger partial charge in [-0.05, 0) is 86.0 Å². The highest BCUT2D eigenvalue weighted by molar-refractivity contribution is 7.92. The molecule has 1 fully saturated rings. The number of fused-ring (bicyclic) bond motifs is 1. The van der Waals surface area contributed by atoms with E-state index in [1.54, 1.807) is 49.5 Å². The van der Waals surface area contributed by atoms with E-state index in [9.17, 15) is 17.9 Å². The van der Waals surface area contributed by atoms with Crippen LogP contribution >= 0.6 is 0 Å². The number of hydrogen-bond donors (Lipinski definition) is 4. The first-order valence-corrected chi connectivity index (χ1v) is 14.2. The van der Waals surface area contributed by atoms with Crippen LogP contribution < -0.4 is 14.4 Å². The zero-order chi connectivity index (χ0) is 27.9. The van der Waals surface area contributed by atoms with Gasteiger partial charge in [0.15, 0.2) is 0 Å². The third-order valence-electron chi connectivity index (χ3n) is 6.57. The Kier molecular flexibility index (Phi) is 7.40. The van der Waals surface area contributed by atoms with Gasteiger partial charge in [0.25, 0.3) is 0 Å². The second-order valence-corrected chi connectivity index (χ2v) is 11.4. The first-order valence-electron chi connectivity index (χ1n) is 12.4. The van der Waals surface area contributed by atoms with E-state index in [4.69, 9.17) is 19.2 Å². The average Bonchev–Trinajstić information content (AvgIpc) is 3.67. The van der Waals surface area contributed by atoms with Gasteiger partial charge in [-0.1, -0.05) is 0 Å². The van der Waals surface area contributed by atoms with Gasteiger partial charge in [0.2, 0.25) is 10.0 Å². The van der Waals surface area contributed by atoms with E-state index < -0.39 is 29.2 Å². The fraction of sp³-hybridized carbons (Fsp3) is 0.259. The second-order valence-electron chi connectivity index (χ2n) is 9.54. The van der Waals surface area contributed by atoms with Gasteiger partial charge in [-0.25, -0.2) is 17.1 Å². The van der Waals surface area contributed by atoms with Crippen LogP contribution in [0.1, 0.15) is 36.1 Å². The van der Waals surface area contributed by atoms with Crippen LogP contribution in [0, 0.1) is 5.82 Å². The van der Waals surface area contributed by atoms with Crippen molar-refractivity contribution >= 4 is 39.5 Å². The summed E-state index contributed by atoms with van der Waals surface area (Å²) in [7, 11) is -3.85. The predicted octanol–water partition coefficient (Wildman–Crippen LogP) is 3.82. The number of aliphatic hydroxyl groups is 1. The van der Waals surface area contributed by atoms with E-state index in [1.807, 2.05) is 6.07 Å². The number of sulfonamides is 1. The summed E-state index contributed by atoms with van der Waals surface area (Å²) in [5.41, 5.74) is 2.99. The second kappa shape index (κ2) is 10.6. The molecule has 5 rings (SSSR count). The Morgan fingerprint density at radius 2 is 1.79 bits per heavy atom. The minimum atomic E-state index is -3.82. The van der Waals surface area contributed by atoms with Gasteiger partial charge in [-0.15, -0.1) is 0 Å². The van der Waals surface area contributed by atoms with E-state index in [0.29, 0.717) is 45.0 Å². The summed E-state index contributed by atoms with van der Waals surface area (Å²) in [6.07, 6.45) is 1.81. The Morgan fingerprint density at radius 1 is 1.13 bits per heavy atom. The van der Waals surface area contributed by atoms with Crippen molar-refractivity contribution in [1.82, 2.24) is 5.32 Å². The summed E-state index contributed by atoms with van der Waals surface area (Å²) >= 11 is 0. The molecule has 3 aromatic carbocycles. The van der Waals surface area contributed by atoms with Crippen LogP contribution in [-0.4, -0.2) is 50.5 Å². The Bertz CT molecular complexity index is 1590. The maximum absolute atomic E-state index is 13.6. The maximum Gasteiger partial charge on any atom is 0.491 e. The Labute approximate surface area is 225 Å². The molecule has 204 valence electrons. The molecule has 0 saturated heterocycles. The highest BCUT2D eigenvalue weighted by Gasteiger charge is 2.33. The number of aliphatic hydroxyl groups excluding tert-OH is 1. The predicted molar refractivity (Wildman–Crippen MR) is 147 cm³/mol. The van der Waals surface area contributed by atoms with Crippen LogP contribution in [0.3, 0.4) is 0 Å². The number of nitrogens with zero attached hydrogens (tertiary/aromatic N) is 1. The first-order chi connectivity index (χ1) is 18.6. The molecule has 0 aliphatic heterocycles. The van der Waals surface area contributed by atoms with Crippen molar-refractivity contribution in [2.24, 2.45) is 0 Å². The number of ether oxygens (including phenoxy) is 1. The smallest absolute Gasteiger partial charge is 0.491 e. The van der Waals surface area contributed by atoms with E-state index in [0.717, 1.165) is 24.7 Å². The monoisotopic (exact) mass is 554 g/mol. The summed E-state index contributed by atoms with van der Waals surface area (Å²) in [6, 6.07) is 15.5. The molecular weight excluding hydrogens is 526 g/mol. The van der Waals surface area contributed by atoms with Crippen molar-refractivity contribution in [1.29, 1.82) is 0 Å². The zero-order valence-corrected chi connectivity index (χ0v) is 22.2. The third kappa shape index (κ3) is 5.65. The van der Waals surface area contributed by atoms with Crippen LogP contribution in [-0.2, 0) is 10.0 Å². The fourth-order valence-corrected chi connectivity index (χ4v) is 5.67. The summed E-state index contributed by atoms with van der Waals surface area (Å²) in [5, 5.41) is 32.4. The topological polar surface area (TPSA) is 132 Å². The molecule has 1 unspecified atom stereocenters. The Morgan fingerprint density at radius 3 is 2.36 bits per heavy atom. The number of rotatable bonds is 10. The number of anilines is 2. The van der Waals surface area contributed by atoms with Crippen LogP contribution in [0.15, 0.2) is 65.1 Å². The lowest BCUT2D eigenvalue weighted by Gasteiger charge is -2.25. The van der Waals surface area contributed by atoms with Crippen molar-refractivity contribution in [3.63, 3.8) is 0 Å². The fourth-order valence-electron chi connectivity index (χ4n) is 4.65. The SMILES string of the molecule is CNC(O)c1c(-c2ccc(F)cc2)oc2cc(N(c3ccc(OCB(O)O)cc3)S(C)(=O)=O)c(C3CC3)cc12. The molecule has 0 spiro atoms. The molecule has 12 heteroatoms. The summed E-state index contributed by atoms with van der Waals surface area (Å²) < 4.78 is 52.7. The minimum absolute atomic E-state index is 0.131. The third-order valence-corrected chi connectivity index (χ3v) is 7.64. The quantitative estimate of drug-likeness (QED) is 0.172. The number of nitrogens with one attached hydrogen (secondary N) is 1. The molecule has 1 saturated carbocycles. The zero-order valence-electron chi connectivity index (χ0n) is 21.3. The lowest BCUT2D eigenvalue weighted by molar-refractivity contribution is 0.150. The molecule has 39 heavy (non-hydrogen) atoms. The number of hydrogen-bond acceptors (Lipinski definition) is 8. The molecule has 0 radical (unpaired) electrons. The van der Waals surface area contributed by atoms with E-state index >= 15 is 0 Å². The molecule has 4 N–H and O–H groups in total. The number of benzene rings is 3. The molecule has 4 aromatic rings. The van der Waals surface area contributed by atoms with E-state index in [1.165, 1.54) is 16.4 Å². The molecule has 1 aliphatic rings. The van der Waals surface area contributed by atoms with Crippen LogP contribution in [0.25, 0.3) is 22.3 Å². The van der Waals surface area contributed by atoms with Gasteiger partial charge >= 0.3 is 7.12 Å². The molecule has 1 aromatic heterocycles. The van der Waals surface area contributed by atoms with Gasteiger partial charge in [-0.3, -0.25) is 5.32 Å². The van der Waals surface area contributed by atoms with Gasteiger partial charge in [-0.2, -0.15) is 0 Å². The molecule has 1 heterocycles. The Hall–Kier alpha value is -3.42. The summed E-state index contributed by atoms with van der Waals surface area (Å²) in [5.74, 6) is 0.422. The van der Waals surface area contributed by atoms with Gasteiger partial charge in [0.1, 0.15) is 35.6 Å². The van der Waals surface area contributed by atoms with Gasteiger partial charge in [0.05, 0.1) is 17.6 Å². The van der Waals surface area contributed by atoms with Crippen molar-refractivity contribution in [2.75, 3.05) is 24.1 Å². The molecule has 1 aliphatic carbocycles. The van der Waals surface area contributed by atoms with E-state index in [-0.39, 0.29) is 12.4 Å². The van der Waals surface area contributed by atoms with Crippen molar-refractivity contribution in [2.45, 2.75) is 25.0 Å². The largest absolute Gasteiger partial charge is 0.496 e. The highest BCUT2D eigenvalue weighted by Crippen LogP contribution is 2.49. The number of furan rings is 1. The van der Waals surface area contributed by atoms with Crippen LogP contribution in [0.5, 0.6) is 5.75 Å². The molecule has 9 nitrogen and oxygen atoms in total. The lowest BCUT2D eigenvalue weighted by Crippen LogP contribution is -2.26. The normalized spacial score (nSPS) is 14.4. The maximum atomic E-state index is 13.6. The molecule has 0 bridgehead atoms. The van der Waals surface area contributed by atoms with E-state index in [2.05, 4.69) is 5.32 Å². The molecule has 1 atom stereocenters. The lowest BCUT2D eigenvalue weighted by atomic mass is 9.95. The van der Waals surface area contributed by atoms with Gasteiger partial charge < -0.3 is 24.3 Å². The van der Waals surface area contributed by atoms with Crippen molar-refractivity contribution < 1.29 is 37.1 Å². The Balaban J connectivity index is 1.68. The summed E-state index contributed by atoms with van der Waals surface area (Å²) in [4.78, 5) is 0. The van der Waals surface area contributed by atoms with Crippen LogP contribution in [0.2, 0.25) is 0 Å². The first kappa shape index (κ1) is 27.2.